The molecule has 24 heavy (non-hydrogen) atoms. The topological polar surface area (TPSA) is 172 Å². The van der Waals surface area contributed by atoms with Crippen molar-refractivity contribution in [2.45, 2.75) is 36.4 Å². The van der Waals surface area contributed by atoms with Crippen molar-refractivity contribution in [3.63, 3.8) is 0 Å². The minimum absolute atomic E-state index is 0.0388. The molecule has 0 aromatic carbocycles. The van der Waals surface area contributed by atoms with Gasteiger partial charge in [0, 0.05) is 7.11 Å². The molecule has 0 saturated carbocycles. The van der Waals surface area contributed by atoms with E-state index in [0.717, 1.165) is 0 Å². The number of rotatable bonds is 4. The Morgan fingerprint density at radius 2 is 2.29 bits per heavy atom. The number of carbonyl (C=O) groups is 1. The minimum atomic E-state index is -2.12. The zero-order chi connectivity index (χ0) is 17.6. The van der Waals surface area contributed by atoms with Crippen LogP contribution in [0.3, 0.4) is 0 Å². The van der Waals surface area contributed by atoms with Crippen LogP contribution in [-0.4, -0.2) is 88.6 Å². The Balaban J connectivity index is 1.93. The lowest BCUT2D eigenvalue weighted by Crippen LogP contribution is -2.54. The standard InChI is InChI=1S/C12H14FN5O6/c1-23-12(14)8-10(16-2-15-8)17-9(18-12)6-3(13)4(19)7(24-6)5(20)11(21)22/h2-7,19-20H,14H2,1H3,(H,21,22)/t3-,4-,5?,6+,7-,12?/m0/s1. The molecule has 0 spiro atoms. The first-order valence-electron chi connectivity index (χ1n) is 6.80. The van der Waals surface area contributed by atoms with E-state index in [-0.39, 0.29) is 17.4 Å². The summed E-state index contributed by atoms with van der Waals surface area (Å²) in [6.45, 7) is 0. The molecule has 0 aromatic rings. The minimum Gasteiger partial charge on any atom is -0.479 e. The second-order valence-corrected chi connectivity index (χ2v) is 5.27. The van der Waals surface area contributed by atoms with Crippen LogP contribution in [0.15, 0.2) is 20.0 Å². The van der Waals surface area contributed by atoms with Gasteiger partial charge in [-0.2, -0.15) is 0 Å². The highest BCUT2D eigenvalue weighted by Crippen LogP contribution is 2.30. The predicted molar refractivity (Wildman–Crippen MR) is 77.9 cm³/mol. The fourth-order valence-corrected chi connectivity index (χ4v) is 2.51. The number of amidine groups is 2. The number of nitrogens with zero attached hydrogens (tertiary/aromatic N) is 4. The molecular formula is C12H14FN5O6. The molecule has 0 aromatic heterocycles. The number of methoxy groups -OCH3 is 1. The molecular weight excluding hydrogens is 329 g/mol. The van der Waals surface area contributed by atoms with Gasteiger partial charge >= 0.3 is 5.97 Å². The van der Waals surface area contributed by atoms with Gasteiger partial charge < -0.3 is 24.8 Å². The first kappa shape index (κ1) is 16.7. The van der Waals surface area contributed by atoms with Crippen LogP contribution in [0.25, 0.3) is 0 Å². The highest BCUT2D eigenvalue weighted by molar-refractivity contribution is 6.50. The molecule has 11 nitrogen and oxygen atoms in total. The summed E-state index contributed by atoms with van der Waals surface area (Å²) in [5.41, 5.74) is 6.05. The number of aliphatic imine (C=N–C) groups is 4. The van der Waals surface area contributed by atoms with Crippen molar-refractivity contribution in [1.29, 1.82) is 0 Å². The van der Waals surface area contributed by atoms with Crippen molar-refractivity contribution < 1.29 is 34.0 Å². The van der Waals surface area contributed by atoms with Gasteiger partial charge in [0.25, 0.3) is 5.85 Å². The van der Waals surface area contributed by atoms with Crippen LogP contribution < -0.4 is 5.73 Å². The van der Waals surface area contributed by atoms with E-state index in [4.69, 9.17) is 20.3 Å². The van der Waals surface area contributed by atoms with Crippen molar-refractivity contribution in [3.05, 3.63) is 0 Å². The Labute approximate surface area is 134 Å². The molecule has 3 aliphatic heterocycles. The molecule has 0 bridgehead atoms. The third-order valence-electron chi connectivity index (χ3n) is 3.80. The highest BCUT2D eigenvalue weighted by atomic mass is 19.1. The third-order valence-corrected chi connectivity index (χ3v) is 3.80. The van der Waals surface area contributed by atoms with Crippen molar-refractivity contribution in [2.24, 2.45) is 25.7 Å². The SMILES string of the molecule is COC1(N)N=C([C@@H]2O[C@H](C(O)C(=O)O)[C@@H](O)[C@@H]2F)N=C2N=CN=C21. The number of alkyl halides is 1. The summed E-state index contributed by atoms with van der Waals surface area (Å²) in [5.74, 6) is -3.69. The summed E-state index contributed by atoms with van der Waals surface area (Å²) in [6.07, 6.45) is -8.17. The molecule has 5 N–H and O–H groups in total. The average Bonchev–Trinajstić information content (AvgIpc) is 3.13. The number of aliphatic hydroxyl groups is 2. The van der Waals surface area contributed by atoms with Gasteiger partial charge in [-0.05, 0) is 0 Å². The van der Waals surface area contributed by atoms with E-state index in [1.54, 1.807) is 0 Å². The summed E-state index contributed by atoms with van der Waals surface area (Å²) < 4.78 is 24.6. The molecule has 1 fully saturated rings. The first-order valence-corrected chi connectivity index (χ1v) is 6.80. The first-order chi connectivity index (χ1) is 11.3. The normalized spacial score (nSPS) is 39.1. The molecule has 0 aliphatic carbocycles. The van der Waals surface area contributed by atoms with Crippen molar-refractivity contribution in [3.8, 4) is 0 Å². The Bertz CT molecular complexity index is 693. The maximum atomic E-state index is 14.4. The molecule has 0 radical (unpaired) electrons. The van der Waals surface area contributed by atoms with Gasteiger partial charge in [-0.25, -0.2) is 29.2 Å². The second-order valence-electron chi connectivity index (χ2n) is 5.27. The van der Waals surface area contributed by atoms with Gasteiger partial charge in [-0.15, -0.1) is 0 Å². The summed E-state index contributed by atoms with van der Waals surface area (Å²) in [5, 5.41) is 28.1. The summed E-state index contributed by atoms with van der Waals surface area (Å²) in [4.78, 5) is 26.5. The molecule has 1 saturated heterocycles. The van der Waals surface area contributed by atoms with E-state index in [9.17, 15) is 19.4 Å². The van der Waals surface area contributed by atoms with Crippen LogP contribution in [0.4, 0.5) is 4.39 Å². The van der Waals surface area contributed by atoms with Crippen LogP contribution in [0.5, 0.6) is 0 Å². The number of aliphatic hydroxyl groups excluding tert-OH is 2. The van der Waals surface area contributed by atoms with Gasteiger partial charge in [0.1, 0.15) is 18.5 Å². The van der Waals surface area contributed by atoms with E-state index in [1.807, 2.05) is 0 Å². The van der Waals surface area contributed by atoms with E-state index in [1.165, 1.54) is 13.4 Å². The van der Waals surface area contributed by atoms with E-state index in [0.29, 0.717) is 0 Å². The second kappa shape index (κ2) is 5.75. The van der Waals surface area contributed by atoms with Crippen molar-refractivity contribution in [1.82, 2.24) is 0 Å². The Kier molecular flexibility index (Phi) is 4.01. The Hall–Kier alpha value is -2.12. The number of hydrogen-bond donors (Lipinski definition) is 4. The fourth-order valence-electron chi connectivity index (χ4n) is 2.51. The highest BCUT2D eigenvalue weighted by Gasteiger charge is 2.53. The summed E-state index contributed by atoms with van der Waals surface area (Å²) in [6, 6.07) is 0. The smallest absolute Gasteiger partial charge is 0.335 e. The Morgan fingerprint density at radius 1 is 1.58 bits per heavy atom. The maximum absolute atomic E-state index is 14.4. The van der Waals surface area contributed by atoms with Gasteiger partial charge in [-0.1, -0.05) is 0 Å². The Morgan fingerprint density at radius 3 is 2.92 bits per heavy atom. The van der Waals surface area contributed by atoms with Gasteiger partial charge in [0.2, 0.25) is 0 Å². The number of aliphatic carboxylic acids is 1. The summed E-state index contributed by atoms with van der Waals surface area (Å²) >= 11 is 0. The van der Waals surface area contributed by atoms with Gasteiger partial charge in [-0.3, -0.25) is 5.73 Å². The predicted octanol–water partition coefficient (Wildman–Crippen LogP) is -2.55. The van der Waals surface area contributed by atoms with Crippen LogP contribution in [-0.2, 0) is 14.3 Å². The van der Waals surface area contributed by atoms with E-state index >= 15 is 0 Å². The largest absolute Gasteiger partial charge is 0.479 e. The average molecular weight is 343 g/mol. The van der Waals surface area contributed by atoms with Crippen LogP contribution in [0.1, 0.15) is 0 Å². The van der Waals surface area contributed by atoms with Gasteiger partial charge in [0.15, 0.2) is 35.8 Å². The van der Waals surface area contributed by atoms with E-state index in [2.05, 4.69) is 20.0 Å². The molecule has 6 atom stereocenters. The van der Waals surface area contributed by atoms with E-state index < -0.39 is 42.4 Å². The quantitative estimate of drug-likeness (QED) is 0.407. The number of nitrogens with two attached hydrogens (primary N) is 1. The number of hydrogen-bond acceptors (Lipinski definition) is 10. The number of ether oxygens (including phenoxy) is 2. The lowest BCUT2D eigenvalue weighted by atomic mass is 10.0. The lowest BCUT2D eigenvalue weighted by Gasteiger charge is -2.28. The fraction of sp³-hybridized carbons (Fsp3) is 0.583. The van der Waals surface area contributed by atoms with Crippen LogP contribution in [0, 0.1) is 0 Å². The molecule has 0 amide bonds. The number of fused-ring (bicyclic) bond motifs is 1. The number of halogens is 1. The molecule has 2 unspecified atom stereocenters. The third kappa shape index (κ3) is 2.44. The molecule has 130 valence electrons. The molecule has 12 heteroatoms. The molecule has 3 rings (SSSR count). The van der Waals surface area contributed by atoms with Gasteiger partial charge in [0.05, 0.1) is 0 Å². The zero-order valence-corrected chi connectivity index (χ0v) is 12.3. The lowest BCUT2D eigenvalue weighted by molar-refractivity contribution is -0.157. The van der Waals surface area contributed by atoms with Crippen LogP contribution in [0.2, 0.25) is 0 Å². The monoisotopic (exact) mass is 343 g/mol. The summed E-state index contributed by atoms with van der Waals surface area (Å²) in [7, 11) is 1.25. The number of carboxylic acids is 1. The molecule has 3 aliphatic rings. The van der Waals surface area contributed by atoms with Crippen LogP contribution >= 0.6 is 0 Å². The number of carboxylic acid groups (broad SMARTS) is 1. The van der Waals surface area contributed by atoms with Crippen molar-refractivity contribution >= 4 is 29.7 Å². The zero-order valence-electron chi connectivity index (χ0n) is 12.3. The molecule has 3 heterocycles. The van der Waals surface area contributed by atoms with Crippen molar-refractivity contribution in [2.75, 3.05) is 7.11 Å². The maximum Gasteiger partial charge on any atom is 0.335 e.